The highest BCUT2D eigenvalue weighted by Gasteiger charge is 2.23. The van der Waals surface area contributed by atoms with Gasteiger partial charge in [-0.3, -0.25) is 4.79 Å². The summed E-state index contributed by atoms with van der Waals surface area (Å²) in [6, 6.07) is 13.3. The third kappa shape index (κ3) is 4.07. The Hall–Kier alpha value is -2.63. The number of phenolic OH excluding ortho intramolecular Hbond substituents is 1. The molecule has 3 aromatic rings. The monoisotopic (exact) mass is 392 g/mol. The number of aromatic amines is 1. The Morgan fingerprint density at radius 3 is 2.90 bits per heavy atom. The standard InChI is InChI=1S/C24H28N2O3/c1-2-3-4-15-5-7-17-16(13-15)6-10-20(17)25-14-22(28)18-8-11-21(27)24-19(18)9-12-23(29)26-24/h5,7-9,11-13,20,22,25,27-28H,2-4,6,10,14H2,1H3,(H,26,29)/t20-,22?/m1/s1. The second-order valence-electron chi connectivity index (χ2n) is 7.94. The Morgan fingerprint density at radius 2 is 2.07 bits per heavy atom. The molecule has 4 N–H and O–H groups in total. The molecule has 2 atom stereocenters. The van der Waals surface area contributed by atoms with Crippen molar-refractivity contribution in [3.05, 3.63) is 75.1 Å². The van der Waals surface area contributed by atoms with Gasteiger partial charge in [0.05, 0.1) is 11.6 Å². The summed E-state index contributed by atoms with van der Waals surface area (Å²) in [5, 5.41) is 25.0. The summed E-state index contributed by atoms with van der Waals surface area (Å²) in [7, 11) is 0. The summed E-state index contributed by atoms with van der Waals surface area (Å²) in [4.78, 5) is 14.2. The van der Waals surface area contributed by atoms with Gasteiger partial charge in [-0.15, -0.1) is 0 Å². The van der Waals surface area contributed by atoms with Crippen molar-refractivity contribution in [1.82, 2.24) is 10.3 Å². The highest BCUT2D eigenvalue weighted by Crippen LogP contribution is 2.33. The minimum absolute atomic E-state index is 0.00482. The molecule has 0 saturated heterocycles. The smallest absolute Gasteiger partial charge is 0.248 e. The van der Waals surface area contributed by atoms with Crippen molar-refractivity contribution in [2.24, 2.45) is 0 Å². The second-order valence-corrected chi connectivity index (χ2v) is 7.94. The van der Waals surface area contributed by atoms with E-state index in [4.69, 9.17) is 0 Å². The van der Waals surface area contributed by atoms with Crippen LogP contribution in [0, 0.1) is 0 Å². The van der Waals surface area contributed by atoms with Gasteiger partial charge >= 0.3 is 0 Å². The van der Waals surface area contributed by atoms with Crippen molar-refractivity contribution < 1.29 is 10.2 Å². The Bertz CT molecular complexity index is 1070. The van der Waals surface area contributed by atoms with Crippen LogP contribution in [-0.4, -0.2) is 21.7 Å². The van der Waals surface area contributed by atoms with Crippen LogP contribution in [0.15, 0.2) is 47.3 Å². The van der Waals surface area contributed by atoms with Gasteiger partial charge in [0.1, 0.15) is 5.75 Å². The van der Waals surface area contributed by atoms with Crippen molar-refractivity contribution in [3.8, 4) is 5.75 Å². The first kappa shape index (κ1) is 19.7. The molecule has 0 saturated carbocycles. The van der Waals surface area contributed by atoms with E-state index in [0.29, 0.717) is 23.0 Å². The van der Waals surface area contributed by atoms with Gasteiger partial charge in [0.2, 0.25) is 5.56 Å². The SMILES string of the molecule is CCCCc1ccc2c(c1)CC[C@H]2NCC(O)c1ccc(O)c2[nH]c(=O)ccc12. The van der Waals surface area contributed by atoms with Crippen LogP contribution in [0.2, 0.25) is 0 Å². The fraction of sp³-hybridized carbons (Fsp3) is 0.375. The number of H-pyrrole nitrogens is 1. The van der Waals surface area contributed by atoms with E-state index >= 15 is 0 Å². The molecule has 0 radical (unpaired) electrons. The molecule has 0 aliphatic heterocycles. The zero-order valence-electron chi connectivity index (χ0n) is 16.7. The van der Waals surface area contributed by atoms with Crippen LogP contribution < -0.4 is 10.9 Å². The van der Waals surface area contributed by atoms with Crippen molar-refractivity contribution in [2.45, 2.75) is 51.2 Å². The molecule has 2 aromatic carbocycles. The quantitative estimate of drug-likeness (QED) is 0.491. The molecule has 1 aromatic heterocycles. The largest absolute Gasteiger partial charge is 0.506 e. The molecule has 4 rings (SSSR count). The van der Waals surface area contributed by atoms with Gasteiger partial charge in [-0.25, -0.2) is 0 Å². The van der Waals surface area contributed by atoms with Gasteiger partial charge in [0, 0.05) is 24.0 Å². The average Bonchev–Trinajstić information content (AvgIpc) is 3.13. The topological polar surface area (TPSA) is 85.3 Å². The normalized spacial score (nSPS) is 16.8. The van der Waals surface area contributed by atoms with Crippen molar-refractivity contribution in [3.63, 3.8) is 0 Å². The Balaban J connectivity index is 1.48. The Kier molecular flexibility index (Phi) is 5.69. The number of aliphatic hydroxyl groups is 1. The number of phenols is 1. The minimum atomic E-state index is -0.739. The van der Waals surface area contributed by atoms with Gasteiger partial charge in [0.15, 0.2) is 0 Å². The number of pyridine rings is 1. The van der Waals surface area contributed by atoms with Crippen molar-refractivity contribution >= 4 is 10.9 Å². The van der Waals surface area contributed by atoms with Gasteiger partial charge in [-0.1, -0.05) is 37.6 Å². The molecule has 0 bridgehead atoms. The highest BCUT2D eigenvalue weighted by atomic mass is 16.3. The highest BCUT2D eigenvalue weighted by molar-refractivity contribution is 5.87. The summed E-state index contributed by atoms with van der Waals surface area (Å²) in [5.74, 6) is 0.00482. The van der Waals surface area contributed by atoms with Crippen molar-refractivity contribution in [2.75, 3.05) is 6.54 Å². The molecule has 152 valence electrons. The first-order valence-electron chi connectivity index (χ1n) is 10.4. The third-order valence-electron chi connectivity index (χ3n) is 5.93. The van der Waals surface area contributed by atoms with E-state index in [1.807, 2.05) is 0 Å². The minimum Gasteiger partial charge on any atom is -0.506 e. The van der Waals surface area contributed by atoms with Crippen LogP contribution in [0.5, 0.6) is 5.75 Å². The number of aromatic nitrogens is 1. The molecular weight excluding hydrogens is 364 g/mol. The number of aryl methyl sites for hydroxylation is 2. The van der Waals surface area contributed by atoms with Crippen LogP contribution >= 0.6 is 0 Å². The first-order chi connectivity index (χ1) is 14.1. The predicted octanol–water partition coefficient (Wildman–Crippen LogP) is 3.89. The summed E-state index contributed by atoms with van der Waals surface area (Å²) in [6.07, 6.45) is 4.92. The lowest BCUT2D eigenvalue weighted by atomic mass is 10.0. The Morgan fingerprint density at radius 1 is 1.21 bits per heavy atom. The molecule has 1 heterocycles. The second kappa shape index (κ2) is 8.39. The molecule has 0 fully saturated rings. The lowest BCUT2D eigenvalue weighted by molar-refractivity contribution is 0.171. The number of hydrogen-bond acceptors (Lipinski definition) is 4. The maximum Gasteiger partial charge on any atom is 0.248 e. The van der Waals surface area contributed by atoms with Crippen LogP contribution in [-0.2, 0) is 12.8 Å². The molecule has 0 spiro atoms. The lowest BCUT2D eigenvalue weighted by Gasteiger charge is -2.19. The van der Waals surface area contributed by atoms with Crippen LogP contribution in [0.4, 0.5) is 0 Å². The van der Waals surface area contributed by atoms with E-state index < -0.39 is 6.10 Å². The zero-order chi connectivity index (χ0) is 20.4. The average molecular weight is 392 g/mol. The number of fused-ring (bicyclic) bond motifs is 2. The van der Waals surface area contributed by atoms with Gasteiger partial charge in [-0.2, -0.15) is 0 Å². The van der Waals surface area contributed by atoms with Crippen LogP contribution in [0.25, 0.3) is 10.9 Å². The van der Waals surface area contributed by atoms with Gasteiger partial charge in [-0.05, 0) is 60.1 Å². The fourth-order valence-electron chi connectivity index (χ4n) is 4.33. The maximum absolute atomic E-state index is 11.6. The van der Waals surface area contributed by atoms with Gasteiger partial charge < -0.3 is 20.5 Å². The number of hydrogen-bond donors (Lipinski definition) is 4. The number of benzene rings is 2. The summed E-state index contributed by atoms with van der Waals surface area (Å²) in [5.41, 5.74) is 4.93. The molecule has 5 nitrogen and oxygen atoms in total. The number of aromatic hydroxyl groups is 1. The summed E-state index contributed by atoms with van der Waals surface area (Å²) in [6.45, 7) is 2.62. The first-order valence-corrected chi connectivity index (χ1v) is 10.4. The predicted molar refractivity (Wildman–Crippen MR) is 115 cm³/mol. The Labute approximate surface area is 170 Å². The fourth-order valence-corrected chi connectivity index (χ4v) is 4.33. The summed E-state index contributed by atoms with van der Waals surface area (Å²) >= 11 is 0. The van der Waals surface area contributed by atoms with Crippen molar-refractivity contribution in [1.29, 1.82) is 0 Å². The van der Waals surface area contributed by atoms with E-state index in [2.05, 4.69) is 35.4 Å². The number of rotatable bonds is 7. The summed E-state index contributed by atoms with van der Waals surface area (Å²) < 4.78 is 0. The number of aliphatic hydroxyl groups excluding tert-OH is 1. The molecule has 5 heteroatoms. The van der Waals surface area contributed by atoms with E-state index in [1.54, 1.807) is 12.1 Å². The number of unbranched alkanes of at least 4 members (excludes halogenated alkanes) is 1. The molecular formula is C24H28N2O3. The molecule has 1 unspecified atom stereocenters. The zero-order valence-corrected chi connectivity index (χ0v) is 16.7. The molecule has 1 aliphatic carbocycles. The molecule has 0 amide bonds. The van der Waals surface area contributed by atoms with E-state index in [0.717, 1.165) is 19.3 Å². The van der Waals surface area contributed by atoms with Gasteiger partial charge in [0.25, 0.3) is 0 Å². The van der Waals surface area contributed by atoms with E-state index in [-0.39, 0.29) is 17.4 Å². The maximum atomic E-state index is 11.6. The van der Waals surface area contributed by atoms with E-state index in [9.17, 15) is 15.0 Å². The van der Waals surface area contributed by atoms with Crippen LogP contribution in [0.3, 0.4) is 0 Å². The van der Waals surface area contributed by atoms with E-state index in [1.165, 1.54) is 41.7 Å². The molecule has 1 aliphatic rings. The lowest BCUT2D eigenvalue weighted by Crippen LogP contribution is -2.25. The third-order valence-corrected chi connectivity index (χ3v) is 5.93. The van der Waals surface area contributed by atoms with Crippen LogP contribution in [0.1, 0.15) is 60.6 Å². The molecule has 29 heavy (non-hydrogen) atoms. The number of nitrogens with one attached hydrogen (secondary N) is 2.